The second kappa shape index (κ2) is 7.78. The molecule has 2 heterocycles. The highest BCUT2D eigenvalue weighted by Gasteiger charge is 2.31. The molecule has 1 atom stereocenters. The summed E-state index contributed by atoms with van der Waals surface area (Å²) in [6.07, 6.45) is 3.61. The van der Waals surface area contributed by atoms with E-state index in [0.717, 1.165) is 43.5 Å². The Kier molecular flexibility index (Phi) is 5.48. The average molecular weight is 343 g/mol. The lowest BCUT2D eigenvalue weighted by molar-refractivity contribution is -0.141. The number of nitrogens with zero attached hydrogens (tertiary/aromatic N) is 1. The highest BCUT2D eigenvalue weighted by molar-refractivity contribution is 6.00. The van der Waals surface area contributed by atoms with Crippen LogP contribution in [0.25, 0.3) is 0 Å². The molecule has 0 saturated carbocycles. The minimum Gasteiger partial charge on any atom is -0.329 e. The summed E-state index contributed by atoms with van der Waals surface area (Å²) in [7, 11) is 0. The molecule has 2 fully saturated rings. The van der Waals surface area contributed by atoms with Crippen LogP contribution in [0.15, 0.2) is 18.2 Å². The van der Waals surface area contributed by atoms with E-state index in [1.807, 2.05) is 6.92 Å². The minimum absolute atomic E-state index is 0.267. The van der Waals surface area contributed by atoms with Gasteiger partial charge in [-0.2, -0.15) is 0 Å². The molecule has 0 aliphatic carbocycles. The highest BCUT2D eigenvalue weighted by Crippen LogP contribution is 2.27. The van der Waals surface area contributed by atoms with Gasteiger partial charge in [0.05, 0.1) is 0 Å². The number of carbonyl (C=O) groups excluding carboxylic acids is 3. The van der Waals surface area contributed by atoms with E-state index in [2.05, 4.69) is 28.8 Å². The lowest BCUT2D eigenvalue weighted by Crippen LogP contribution is -2.51. The van der Waals surface area contributed by atoms with Crippen LogP contribution in [0.1, 0.15) is 48.3 Å². The number of hydrogen-bond acceptors (Lipinski definition) is 4. The highest BCUT2D eigenvalue weighted by atomic mass is 16.2. The number of piperidine rings is 2. The van der Waals surface area contributed by atoms with E-state index < -0.39 is 6.04 Å². The van der Waals surface area contributed by atoms with E-state index in [4.69, 9.17) is 0 Å². The van der Waals surface area contributed by atoms with Crippen molar-refractivity contribution >= 4 is 18.2 Å². The maximum atomic E-state index is 12.1. The van der Waals surface area contributed by atoms with Crippen LogP contribution in [0, 0.1) is 6.92 Å². The number of hydrogen-bond donors (Lipinski definition) is 2. The average Bonchev–Trinajstić information content (AvgIpc) is 2.62. The first-order chi connectivity index (χ1) is 12.1. The fourth-order valence-electron chi connectivity index (χ4n) is 3.69. The molecule has 6 heteroatoms. The number of amides is 3. The first kappa shape index (κ1) is 17.6. The molecule has 1 aromatic carbocycles. The maximum Gasteiger partial charge on any atom is 0.249 e. The molecule has 1 unspecified atom stereocenters. The van der Waals surface area contributed by atoms with Crippen LogP contribution in [-0.2, 0) is 20.9 Å². The number of nitrogens with one attached hydrogen (secondary N) is 2. The van der Waals surface area contributed by atoms with Crippen molar-refractivity contribution in [1.29, 1.82) is 0 Å². The molecular weight excluding hydrogens is 318 g/mol. The van der Waals surface area contributed by atoms with Crippen molar-refractivity contribution in [3.8, 4) is 0 Å². The number of imide groups is 1. The zero-order chi connectivity index (χ0) is 17.8. The molecule has 0 spiro atoms. The summed E-state index contributed by atoms with van der Waals surface area (Å²) < 4.78 is 0. The third-order valence-electron chi connectivity index (χ3n) is 5.28. The van der Waals surface area contributed by atoms with Crippen LogP contribution >= 0.6 is 0 Å². The molecule has 6 nitrogen and oxygen atoms in total. The lowest BCUT2D eigenvalue weighted by Gasteiger charge is -2.30. The summed E-state index contributed by atoms with van der Waals surface area (Å²) >= 11 is 0. The van der Waals surface area contributed by atoms with Crippen molar-refractivity contribution in [2.75, 3.05) is 13.1 Å². The zero-order valence-corrected chi connectivity index (χ0v) is 14.6. The predicted octanol–water partition coefficient (Wildman–Crippen LogP) is 1.23. The van der Waals surface area contributed by atoms with Gasteiger partial charge in [-0.15, -0.1) is 0 Å². The third kappa shape index (κ3) is 4.07. The molecule has 0 bridgehead atoms. The second-order valence-corrected chi connectivity index (χ2v) is 6.95. The molecule has 2 aliphatic rings. The van der Waals surface area contributed by atoms with Crippen LogP contribution in [0.2, 0.25) is 0 Å². The summed E-state index contributed by atoms with van der Waals surface area (Å²) in [5.74, 6) is -0.104. The standard InChI is InChI=1S/C19H25N3O3/c1-13-2-3-15(14-6-8-20-9-7-14)10-16(13)11-22(12-23)17-4-5-18(24)21-19(17)25/h2-3,10,12,14,17,20H,4-9,11H2,1H3,(H,21,24,25). The van der Waals surface area contributed by atoms with Gasteiger partial charge in [-0.25, -0.2) is 0 Å². The Morgan fingerprint density at radius 2 is 1.96 bits per heavy atom. The van der Waals surface area contributed by atoms with Crippen molar-refractivity contribution in [2.45, 2.75) is 51.1 Å². The van der Waals surface area contributed by atoms with E-state index in [9.17, 15) is 14.4 Å². The largest absolute Gasteiger partial charge is 0.329 e. The molecule has 2 saturated heterocycles. The van der Waals surface area contributed by atoms with Gasteiger partial charge < -0.3 is 10.2 Å². The number of aryl methyl sites for hydroxylation is 1. The Hall–Kier alpha value is -2.21. The monoisotopic (exact) mass is 343 g/mol. The van der Waals surface area contributed by atoms with E-state index in [1.165, 1.54) is 10.5 Å². The first-order valence-electron chi connectivity index (χ1n) is 8.93. The fraction of sp³-hybridized carbons (Fsp3) is 0.526. The van der Waals surface area contributed by atoms with E-state index in [-0.39, 0.29) is 18.2 Å². The predicted molar refractivity (Wildman–Crippen MR) is 93.8 cm³/mol. The van der Waals surface area contributed by atoms with E-state index in [1.54, 1.807) is 0 Å². The fourth-order valence-corrected chi connectivity index (χ4v) is 3.69. The van der Waals surface area contributed by atoms with Gasteiger partial charge in [-0.1, -0.05) is 18.2 Å². The molecule has 25 heavy (non-hydrogen) atoms. The zero-order valence-electron chi connectivity index (χ0n) is 14.6. The summed E-state index contributed by atoms with van der Waals surface area (Å²) in [4.78, 5) is 36.5. The summed E-state index contributed by atoms with van der Waals surface area (Å²) in [5, 5.41) is 5.70. The lowest BCUT2D eigenvalue weighted by atomic mass is 9.88. The van der Waals surface area contributed by atoms with Gasteiger partial charge in [0.2, 0.25) is 18.2 Å². The normalized spacial score (nSPS) is 21.7. The second-order valence-electron chi connectivity index (χ2n) is 6.95. The van der Waals surface area contributed by atoms with Crippen molar-refractivity contribution in [3.63, 3.8) is 0 Å². The number of carbonyl (C=O) groups is 3. The minimum atomic E-state index is -0.572. The van der Waals surface area contributed by atoms with Gasteiger partial charge in [-0.05, 0) is 61.9 Å². The smallest absolute Gasteiger partial charge is 0.249 e. The van der Waals surface area contributed by atoms with E-state index >= 15 is 0 Å². The Morgan fingerprint density at radius 1 is 1.20 bits per heavy atom. The number of benzene rings is 1. The topological polar surface area (TPSA) is 78.5 Å². The van der Waals surface area contributed by atoms with Gasteiger partial charge in [-0.3, -0.25) is 19.7 Å². The third-order valence-corrected chi connectivity index (χ3v) is 5.28. The molecule has 1 aromatic rings. The van der Waals surface area contributed by atoms with Crippen molar-refractivity contribution in [2.24, 2.45) is 0 Å². The van der Waals surface area contributed by atoms with Crippen LogP contribution < -0.4 is 10.6 Å². The molecule has 2 aliphatic heterocycles. The molecule has 2 N–H and O–H groups in total. The Bertz CT molecular complexity index is 668. The van der Waals surface area contributed by atoms with Crippen molar-refractivity contribution in [3.05, 3.63) is 34.9 Å². The SMILES string of the molecule is Cc1ccc(C2CCNCC2)cc1CN(C=O)C1CCC(=O)NC1=O. The summed E-state index contributed by atoms with van der Waals surface area (Å²) in [5.41, 5.74) is 3.47. The van der Waals surface area contributed by atoms with Gasteiger partial charge in [0.1, 0.15) is 6.04 Å². The Labute approximate surface area is 148 Å². The molecular formula is C19H25N3O3. The molecule has 3 rings (SSSR count). The van der Waals surface area contributed by atoms with Crippen molar-refractivity contribution < 1.29 is 14.4 Å². The van der Waals surface area contributed by atoms with Gasteiger partial charge in [0.25, 0.3) is 0 Å². The molecule has 0 aromatic heterocycles. The quantitative estimate of drug-likeness (QED) is 0.622. The molecule has 134 valence electrons. The Balaban J connectivity index is 1.76. The summed E-state index contributed by atoms with van der Waals surface area (Å²) in [6.45, 7) is 4.48. The van der Waals surface area contributed by atoms with Crippen LogP contribution in [0.3, 0.4) is 0 Å². The Morgan fingerprint density at radius 3 is 2.64 bits per heavy atom. The number of rotatable bonds is 5. The van der Waals surface area contributed by atoms with Crippen molar-refractivity contribution in [1.82, 2.24) is 15.5 Å². The first-order valence-corrected chi connectivity index (χ1v) is 8.93. The van der Waals surface area contributed by atoms with Crippen LogP contribution in [0.5, 0.6) is 0 Å². The van der Waals surface area contributed by atoms with Crippen LogP contribution in [-0.4, -0.2) is 42.3 Å². The van der Waals surface area contributed by atoms with E-state index in [0.29, 0.717) is 18.9 Å². The van der Waals surface area contributed by atoms with Gasteiger partial charge >= 0.3 is 0 Å². The molecule has 3 amide bonds. The maximum absolute atomic E-state index is 12.1. The van der Waals surface area contributed by atoms with Gasteiger partial charge in [0.15, 0.2) is 0 Å². The van der Waals surface area contributed by atoms with Gasteiger partial charge in [0, 0.05) is 13.0 Å². The molecule has 0 radical (unpaired) electrons. The van der Waals surface area contributed by atoms with Crippen LogP contribution in [0.4, 0.5) is 0 Å². The summed E-state index contributed by atoms with van der Waals surface area (Å²) in [6, 6.07) is 5.87.